The van der Waals surface area contributed by atoms with Crippen molar-refractivity contribution in [2.75, 3.05) is 0 Å². The van der Waals surface area contributed by atoms with Crippen LogP contribution < -0.4 is 5.32 Å². The average Bonchev–Trinajstić information content (AvgIpc) is 2.81. The first-order valence-electron chi connectivity index (χ1n) is 11.7. The lowest BCUT2D eigenvalue weighted by atomic mass is 9.99. The van der Waals surface area contributed by atoms with Crippen LogP contribution >= 0.6 is 15.9 Å². The number of nitro benzene ring substituents is 1. The van der Waals surface area contributed by atoms with Crippen LogP contribution in [0.15, 0.2) is 83.3 Å². The molecule has 0 aliphatic heterocycles. The molecule has 1 atom stereocenters. The van der Waals surface area contributed by atoms with E-state index in [1.165, 1.54) is 11.0 Å². The van der Waals surface area contributed by atoms with E-state index in [2.05, 4.69) is 21.2 Å². The van der Waals surface area contributed by atoms with Gasteiger partial charge in [-0.15, -0.1) is 0 Å². The highest BCUT2D eigenvalue weighted by molar-refractivity contribution is 9.10. The molecule has 0 spiro atoms. The van der Waals surface area contributed by atoms with Crippen LogP contribution in [0.3, 0.4) is 0 Å². The summed E-state index contributed by atoms with van der Waals surface area (Å²) in [5.74, 6) is -0.647. The van der Waals surface area contributed by atoms with Gasteiger partial charge in [-0.3, -0.25) is 19.7 Å². The van der Waals surface area contributed by atoms with Crippen LogP contribution in [0, 0.1) is 10.1 Å². The van der Waals surface area contributed by atoms with Crippen LogP contribution in [0.25, 0.3) is 0 Å². The van der Waals surface area contributed by atoms with Crippen molar-refractivity contribution >= 4 is 33.4 Å². The number of hydrogen-bond acceptors (Lipinski definition) is 4. The standard InChI is InChI=1S/C28H30BrN3O4/c1-28(2,3)30-27(34)25(17-20-10-5-4-6-11-20)31(19-21-12-9-14-23(29)16-21)26(33)18-22-13-7-8-15-24(22)32(35)36/h4-16,25H,17-19H2,1-3H3,(H,30,34). The molecule has 0 heterocycles. The van der Waals surface area contributed by atoms with Gasteiger partial charge in [0.05, 0.1) is 11.3 Å². The van der Waals surface area contributed by atoms with Crippen molar-refractivity contribution in [3.05, 3.63) is 110 Å². The van der Waals surface area contributed by atoms with Gasteiger partial charge in [-0.25, -0.2) is 0 Å². The molecule has 0 saturated heterocycles. The molecule has 1 unspecified atom stereocenters. The molecule has 0 fully saturated rings. The number of hydrogen-bond donors (Lipinski definition) is 1. The Labute approximate surface area is 219 Å². The van der Waals surface area contributed by atoms with Gasteiger partial charge in [0.2, 0.25) is 11.8 Å². The van der Waals surface area contributed by atoms with Crippen LogP contribution in [0.1, 0.15) is 37.5 Å². The predicted molar refractivity (Wildman–Crippen MR) is 143 cm³/mol. The maximum absolute atomic E-state index is 13.8. The van der Waals surface area contributed by atoms with Crippen molar-refractivity contribution in [1.82, 2.24) is 10.2 Å². The minimum atomic E-state index is -0.819. The summed E-state index contributed by atoms with van der Waals surface area (Å²) in [5.41, 5.74) is 1.42. The summed E-state index contributed by atoms with van der Waals surface area (Å²) in [6.45, 7) is 5.84. The second-order valence-corrected chi connectivity index (χ2v) is 10.6. The van der Waals surface area contributed by atoms with E-state index in [0.29, 0.717) is 12.0 Å². The van der Waals surface area contributed by atoms with Crippen LogP contribution in [-0.2, 0) is 29.0 Å². The van der Waals surface area contributed by atoms with Gasteiger partial charge in [-0.2, -0.15) is 0 Å². The summed E-state index contributed by atoms with van der Waals surface area (Å²) in [6, 6.07) is 22.4. The number of carbonyl (C=O) groups excluding carboxylic acids is 2. The normalized spacial score (nSPS) is 12.0. The lowest BCUT2D eigenvalue weighted by molar-refractivity contribution is -0.385. The van der Waals surface area contributed by atoms with Crippen LogP contribution in [0.4, 0.5) is 5.69 Å². The molecule has 3 aromatic rings. The molecule has 188 valence electrons. The summed E-state index contributed by atoms with van der Waals surface area (Å²) in [6.07, 6.45) is 0.110. The van der Waals surface area contributed by atoms with Gasteiger partial charge in [0.1, 0.15) is 6.04 Å². The maximum atomic E-state index is 13.8. The molecule has 7 nitrogen and oxygen atoms in total. The van der Waals surface area contributed by atoms with E-state index in [0.717, 1.165) is 15.6 Å². The molecule has 0 aliphatic rings. The van der Waals surface area contributed by atoms with E-state index in [9.17, 15) is 19.7 Å². The zero-order valence-electron chi connectivity index (χ0n) is 20.6. The molecule has 1 N–H and O–H groups in total. The number of para-hydroxylation sites is 1. The van der Waals surface area contributed by atoms with E-state index < -0.39 is 16.5 Å². The topological polar surface area (TPSA) is 92.6 Å². The van der Waals surface area contributed by atoms with Gasteiger partial charge in [0.25, 0.3) is 5.69 Å². The molecule has 36 heavy (non-hydrogen) atoms. The summed E-state index contributed by atoms with van der Waals surface area (Å²) in [4.78, 5) is 40.0. The van der Waals surface area contributed by atoms with Gasteiger partial charge in [-0.05, 0) is 44.0 Å². The Morgan fingerprint density at radius 3 is 2.25 bits per heavy atom. The quantitative estimate of drug-likeness (QED) is 0.282. The van der Waals surface area contributed by atoms with E-state index in [1.54, 1.807) is 18.2 Å². The van der Waals surface area contributed by atoms with Crippen LogP contribution in [-0.4, -0.2) is 33.2 Å². The number of nitro groups is 1. The molecule has 3 rings (SSSR count). The Morgan fingerprint density at radius 1 is 0.972 bits per heavy atom. The van der Waals surface area contributed by atoms with E-state index in [-0.39, 0.29) is 30.5 Å². The number of nitrogens with one attached hydrogen (secondary N) is 1. The number of nitrogens with zero attached hydrogens (tertiary/aromatic N) is 2. The van der Waals surface area contributed by atoms with Gasteiger partial charge in [0, 0.05) is 34.6 Å². The fourth-order valence-electron chi connectivity index (χ4n) is 3.94. The predicted octanol–water partition coefficient (Wildman–Crippen LogP) is 5.45. The first kappa shape index (κ1) is 27.1. The third-order valence-electron chi connectivity index (χ3n) is 5.54. The van der Waals surface area contributed by atoms with Crippen molar-refractivity contribution < 1.29 is 14.5 Å². The maximum Gasteiger partial charge on any atom is 0.273 e. The van der Waals surface area contributed by atoms with Gasteiger partial charge < -0.3 is 10.2 Å². The first-order valence-corrected chi connectivity index (χ1v) is 12.4. The molecule has 0 saturated carbocycles. The van der Waals surface area contributed by atoms with Gasteiger partial charge in [0.15, 0.2) is 0 Å². The minimum absolute atomic E-state index is 0.119. The molecule has 2 amide bonds. The van der Waals surface area contributed by atoms with Crippen molar-refractivity contribution in [2.45, 2.75) is 51.7 Å². The highest BCUT2D eigenvalue weighted by Crippen LogP contribution is 2.23. The lowest BCUT2D eigenvalue weighted by Gasteiger charge is -2.34. The van der Waals surface area contributed by atoms with Crippen molar-refractivity contribution in [3.8, 4) is 0 Å². The molecule has 3 aromatic carbocycles. The number of carbonyl (C=O) groups is 2. The van der Waals surface area contributed by atoms with Gasteiger partial charge in [-0.1, -0.05) is 76.6 Å². The van der Waals surface area contributed by atoms with Crippen molar-refractivity contribution in [1.29, 1.82) is 0 Å². The Balaban J connectivity index is 2.03. The first-order chi connectivity index (χ1) is 17.0. The van der Waals surface area contributed by atoms with E-state index in [4.69, 9.17) is 0 Å². The molecule has 0 aliphatic carbocycles. The van der Waals surface area contributed by atoms with E-state index >= 15 is 0 Å². The van der Waals surface area contributed by atoms with Crippen LogP contribution in [0.2, 0.25) is 0 Å². The van der Waals surface area contributed by atoms with Crippen LogP contribution in [0.5, 0.6) is 0 Å². The Bertz CT molecular complexity index is 1220. The summed E-state index contributed by atoms with van der Waals surface area (Å²) in [5, 5.41) is 14.6. The molecule has 0 bridgehead atoms. The SMILES string of the molecule is CC(C)(C)NC(=O)C(Cc1ccccc1)N(Cc1cccc(Br)c1)C(=O)Cc1ccccc1[N+](=O)[O-]. The Hall–Kier alpha value is -3.52. The highest BCUT2D eigenvalue weighted by atomic mass is 79.9. The second-order valence-electron chi connectivity index (χ2n) is 9.66. The van der Waals surface area contributed by atoms with Crippen molar-refractivity contribution in [2.24, 2.45) is 0 Å². The highest BCUT2D eigenvalue weighted by Gasteiger charge is 2.33. The number of rotatable bonds is 9. The number of halogens is 1. The lowest BCUT2D eigenvalue weighted by Crippen LogP contribution is -2.54. The molecule has 0 aromatic heterocycles. The second kappa shape index (κ2) is 11.9. The molecule has 8 heteroatoms. The zero-order valence-corrected chi connectivity index (χ0v) is 22.2. The summed E-state index contributed by atoms with van der Waals surface area (Å²) < 4.78 is 0.852. The average molecular weight is 552 g/mol. The van der Waals surface area contributed by atoms with Crippen molar-refractivity contribution in [3.63, 3.8) is 0 Å². The molecular weight excluding hydrogens is 522 g/mol. The third kappa shape index (κ3) is 7.75. The monoisotopic (exact) mass is 551 g/mol. The number of benzene rings is 3. The fraction of sp³-hybridized carbons (Fsp3) is 0.286. The fourth-order valence-corrected chi connectivity index (χ4v) is 4.39. The summed E-state index contributed by atoms with van der Waals surface area (Å²) >= 11 is 3.47. The Kier molecular flexibility index (Phi) is 8.98. The van der Waals surface area contributed by atoms with E-state index in [1.807, 2.05) is 75.4 Å². The minimum Gasteiger partial charge on any atom is -0.350 e. The number of amides is 2. The summed E-state index contributed by atoms with van der Waals surface area (Å²) in [7, 11) is 0. The smallest absolute Gasteiger partial charge is 0.273 e. The Morgan fingerprint density at radius 2 is 1.61 bits per heavy atom. The molecular formula is C28H30BrN3O4. The molecule has 0 radical (unpaired) electrons. The third-order valence-corrected chi connectivity index (χ3v) is 6.03. The van der Waals surface area contributed by atoms with Gasteiger partial charge >= 0.3 is 0 Å². The largest absolute Gasteiger partial charge is 0.350 e. The zero-order chi connectivity index (χ0) is 26.3.